The molecule has 1 heterocycles. The molecule has 2 aromatic carbocycles. The number of thioether (sulfide) groups is 1. The zero-order valence-electron chi connectivity index (χ0n) is 17.2. The average molecular weight is 424 g/mol. The smallest absolute Gasteiger partial charge is 0.262 e. The van der Waals surface area contributed by atoms with Crippen molar-refractivity contribution in [1.82, 2.24) is 14.5 Å². The third-order valence-corrected chi connectivity index (χ3v) is 5.50. The molecule has 3 rings (SSSR count). The van der Waals surface area contributed by atoms with Crippen LogP contribution in [0.1, 0.15) is 12.5 Å². The van der Waals surface area contributed by atoms with E-state index in [0.29, 0.717) is 35.8 Å². The maximum Gasteiger partial charge on any atom is 0.262 e. The lowest BCUT2D eigenvalue weighted by Gasteiger charge is -2.18. The highest BCUT2D eigenvalue weighted by Crippen LogP contribution is 2.19. The number of amides is 1. The summed E-state index contributed by atoms with van der Waals surface area (Å²) in [5, 5.41) is 1.07. The van der Waals surface area contributed by atoms with Crippen molar-refractivity contribution >= 4 is 28.6 Å². The van der Waals surface area contributed by atoms with Crippen LogP contribution in [0.5, 0.6) is 5.75 Å². The molecule has 6 nitrogen and oxygen atoms in total. The lowest BCUT2D eigenvalue weighted by Crippen LogP contribution is -2.28. The van der Waals surface area contributed by atoms with Crippen LogP contribution in [0, 0.1) is 0 Å². The Bertz CT molecular complexity index is 1090. The minimum Gasteiger partial charge on any atom is -0.494 e. The van der Waals surface area contributed by atoms with Crippen molar-refractivity contribution in [2.75, 3.05) is 19.4 Å². The van der Waals surface area contributed by atoms with Crippen LogP contribution in [-0.2, 0) is 17.9 Å². The Labute approximate surface area is 180 Å². The van der Waals surface area contributed by atoms with Gasteiger partial charge in [-0.05, 0) is 36.8 Å². The topological polar surface area (TPSA) is 64.4 Å². The molecule has 30 heavy (non-hydrogen) atoms. The summed E-state index contributed by atoms with van der Waals surface area (Å²) in [6.07, 6.45) is 1.65. The monoisotopic (exact) mass is 423 g/mol. The summed E-state index contributed by atoms with van der Waals surface area (Å²) in [6, 6.07) is 14.9. The van der Waals surface area contributed by atoms with Gasteiger partial charge in [-0.15, -0.1) is 6.58 Å². The molecule has 0 N–H and O–H groups in total. The van der Waals surface area contributed by atoms with Gasteiger partial charge in [-0.1, -0.05) is 42.1 Å². The second-order valence-corrected chi connectivity index (χ2v) is 7.67. The second kappa shape index (κ2) is 10.1. The first-order valence-electron chi connectivity index (χ1n) is 9.72. The average Bonchev–Trinajstić information content (AvgIpc) is 2.76. The molecule has 0 radical (unpaired) electrons. The molecule has 0 bridgehead atoms. The Morgan fingerprint density at radius 2 is 1.97 bits per heavy atom. The lowest BCUT2D eigenvalue weighted by atomic mass is 10.2. The van der Waals surface area contributed by atoms with E-state index in [4.69, 9.17) is 4.74 Å². The molecule has 0 aliphatic rings. The Morgan fingerprint density at radius 1 is 1.23 bits per heavy atom. The van der Waals surface area contributed by atoms with Crippen molar-refractivity contribution in [3.05, 3.63) is 77.1 Å². The number of benzene rings is 2. The molecule has 0 saturated carbocycles. The number of carbonyl (C=O) groups excluding carboxylic acids is 1. The standard InChI is InChI=1S/C23H25N3O3S/c1-4-14-26-22(28)19-8-6-7-9-20(19)24-23(26)30-16-21(27)25(3)15-17-10-12-18(13-11-17)29-5-2/h4,6-13H,1,5,14-16H2,2-3H3. The SMILES string of the molecule is C=CCn1c(SCC(=O)N(C)Cc2ccc(OCC)cc2)nc2ccccc2c1=O. The van der Waals surface area contributed by atoms with E-state index >= 15 is 0 Å². The minimum atomic E-state index is -0.127. The van der Waals surface area contributed by atoms with Gasteiger partial charge in [-0.25, -0.2) is 4.98 Å². The van der Waals surface area contributed by atoms with E-state index in [9.17, 15) is 9.59 Å². The number of ether oxygens (including phenoxy) is 1. The maximum absolute atomic E-state index is 12.8. The van der Waals surface area contributed by atoms with E-state index in [-0.39, 0.29) is 17.2 Å². The summed E-state index contributed by atoms with van der Waals surface area (Å²) in [4.78, 5) is 31.7. The van der Waals surface area contributed by atoms with E-state index in [1.165, 1.54) is 11.8 Å². The van der Waals surface area contributed by atoms with Crippen molar-refractivity contribution < 1.29 is 9.53 Å². The number of fused-ring (bicyclic) bond motifs is 1. The van der Waals surface area contributed by atoms with Crippen molar-refractivity contribution in [3.63, 3.8) is 0 Å². The number of nitrogens with zero attached hydrogens (tertiary/aromatic N) is 3. The van der Waals surface area contributed by atoms with Gasteiger partial charge < -0.3 is 9.64 Å². The third-order valence-electron chi connectivity index (χ3n) is 4.54. The first-order chi connectivity index (χ1) is 14.5. The van der Waals surface area contributed by atoms with Crippen LogP contribution >= 0.6 is 11.8 Å². The molecule has 0 atom stereocenters. The quantitative estimate of drug-likeness (QED) is 0.298. The van der Waals surface area contributed by atoms with Gasteiger partial charge in [0, 0.05) is 20.1 Å². The fraction of sp³-hybridized carbons (Fsp3) is 0.261. The van der Waals surface area contributed by atoms with E-state index in [0.717, 1.165) is 11.3 Å². The Balaban J connectivity index is 1.70. The maximum atomic E-state index is 12.8. The first kappa shape index (κ1) is 21.6. The molecular weight excluding hydrogens is 398 g/mol. The summed E-state index contributed by atoms with van der Waals surface area (Å²) < 4.78 is 7.00. The fourth-order valence-electron chi connectivity index (χ4n) is 3.00. The largest absolute Gasteiger partial charge is 0.494 e. The van der Waals surface area contributed by atoms with E-state index in [1.807, 2.05) is 43.3 Å². The molecule has 0 fully saturated rings. The molecule has 1 amide bonds. The molecule has 3 aromatic rings. The molecular formula is C23H25N3O3S. The van der Waals surface area contributed by atoms with Crippen molar-refractivity contribution in [2.24, 2.45) is 0 Å². The number of carbonyl (C=O) groups is 1. The van der Waals surface area contributed by atoms with Crippen molar-refractivity contribution in [1.29, 1.82) is 0 Å². The summed E-state index contributed by atoms with van der Waals surface area (Å²) in [7, 11) is 1.77. The van der Waals surface area contributed by atoms with Crippen LogP contribution in [-0.4, -0.2) is 39.8 Å². The van der Waals surface area contributed by atoms with E-state index in [2.05, 4.69) is 11.6 Å². The summed E-state index contributed by atoms with van der Waals surface area (Å²) in [5.74, 6) is 0.963. The summed E-state index contributed by atoms with van der Waals surface area (Å²) in [6.45, 7) is 7.13. The number of allylic oxidation sites excluding steroid dienone is 1. The number of hydrogen-bond acceptors (Lipinski definition) is 5. The molecule has 0 spiro atoms. The lowest BCUT2D eigenvalue weighted by molar-refractivity contribution is -0.127. The third kappa shape index (κ3) is 5.10. The van der Waals surface area contributed by atoms with Gasteiger partial charge in [-0.2, -0.15) is 0 Å². The second-order valence-electron chi connectivity index (χ2n) is 6.73. The van der Waals surface area contributed by atoms with Gasteiger partial charge in [0.15, 0.2) is 5.16 Å². The molecule has 0 unspecified atom stereocenters. The van der Waals surface area contributed by atoms with Crippen LogP contribution in [0.4, 0.5) is 0 Å². The minimum absolute atomic E-state index is 0.0403. The molecule has 7 heteroatoms. The predicted octanol–water partition coefficient (Wildman–Crippen LogP) is 3.73. The molecule has 0 aliphatic heterocycles. The van der Waals surface area contributed by atoms with Gasteiger partial charge in [0.1, 0.15) is 5.75 Å². The number of hydrogen-bond donors (Lipinski definition) is 0. The zero-order chi connectivity index (χ0) is 21.5. The Kier molecular flexibility index (Phi) is 7.30. The van der Waals surface area contributed by atoms with E-state index in [1.54, 1.807) is 34.7 Å². The molecule has 156 valence electrons. The highest BCUT2D eigenvalue weighted by Gasteiger charge is 2.15. The zero-order valence-corrected chi connectivity index (χ0v) is 18.0. The van der Waals surface area contributed by atoms with Crippen molar-refractivity contribution in [3.8, 4) is 5.75 Å². The number of aromatic nitrogens is 2. The molecule has 0 saturated heterocycles. The van der Waals surface area contributed by atoms with Crippen LogP contribution in [0.15, 0.2) is 71.1 Å². The van der Waals surface area contributed by atoms with Crippen LogP contribution in [0.25, 0.3) is 10.9 Å². The van der Waals surface area contributed by atoms with Gasteiger partial charge in [0.25, 0.3) is 5.56 Å². The predicted molar refractivity (Wildman–Crippen MR) is 121 cm³/mol. The van der Waals surface area contributed by atoms with Gasteiger partial charge in [-0.3, -0.25) is 14.2 Å². The highest BCUT2D eigenvalue weighted by molar-refractivity contribution is 7.99. The summed E-state index contributed by atoms with van der Waals surface area (Å²) in [5.41, 5.74) is 1.52. The summed E-state index contributed by atoms with van der Waals surface area (Å²) >= 11 is 1.26. The number of para-hydroxylation sites is 1. The van der Waals surface area contributed by atoms with Gasteiger partial charge >= 0.3 is 0 Å². The number of rotatable bonds is 9. The Morgan fingerprint density at radius 3 is 2.67 bits per heavy atom. The van der Waals surface area contributed by atoms with Gasteiger partial charge in [0.05, 0.1) is 23.3 Å². The van der Waals surface area contributed by atoms with Crippen molar-refractivity contribution in [2.45, 2.75) is 25.2 Å². The first-order valence-corrected chi connectivity index (χ1v) is 10.7. The molecule has 1 aromatic heterocycles. The van der Waals surface area contributed by atoms with E-state index < -0.39 is 0 Å². The highest BCUT2D eigenvalue weighted by atomic mass is 32.2. The fourth-order valence-corrected chi connectivity index (χ4v) is 3.95. The van der Waals surface area contributed by atoms with Gasteiger partial charge in [0.2, 0.25) is 5.91 Å². The Hall–Kier alpha value is -3.06. The molecule has 0 aliphatic carbocycles. The van der Waals surface area contributed by atoms with Crippen LogP contribution in [0.2, 0.25) is 0 Å². The van der Waals surface area contributed by atoms with Crippen LogP contribution < -0.4 is 10.3 Å². The van der Waals surface area contributed by atoms with Crippen LogP contribution in [0.3, 0.4) is 0 Å². The normalized spacial score (nSPS) is 10.7.